The summed E-state index contributed by atoms with van der Waals surface area (Å²) in [5, 5.41) is 0. The van der Waals surface area contributed by atoms with Crippen molar-refractivity contribution < 1.29 is 14.2 Å². The highest BCUT2D eigenvalue weighted by Gasteiger charge is 2.53. The molecule has 0 spiro atoms. The van der Waals surface area contributed by atoms with Crippen molar-refractivity contribution in [2.75, 3.05) is 13.6 Å². The van der Waals surface area contributed by atoms with Crippen molar-refractivity contribution in [2.45, 2.75) is 52.6 Å². The number of fused-ring (bicyclic) bond motifs is 3. The average Bonchev–Trinajstić information content (AvgIpc) is 2.99. The summed E-state index contributed by atoms with van der Waals surface area (Å²) in [6, 6.07) is -0.566. The van der Waals surface area contributed by atoms with Crippen LogP contribution < -0.4 is 4.57 Å². The summed E-state index contributed by atoms with van der Waals surface area (Å²) in [5.74, 6) is 1.09. The molecule has 0 N–H and O–H groups in total. The molecular formula is C16H24N5O2+. The molecule has 1 unspecified atom stereocenters. The van der Waals surface area contributed by atoms with Gasteiger partial charge in [-0.2, -0.15) is 0 Å². The summed E-state index contributed by atoms with van der Waals surface area (Å²) in [4.78, 5) is 32.8. The largest absolute Gasteiger partial charge is 0.402 e. The van der Waals surface area contributed by atoms with E-state index in [2.05, 4.69) is 23.4 Å². The summed E-state index contributed by atoms with van der Waals surface area (Å²) in [5.41, 5.74) is 1.06. The van der Waals surface area contributed by atoms with Gasteiger partial charge in [-0.3, -0.25) is 14.6 Å². The number of amides is 3. The second kappa shape index (κ2) is 5.47. The van der Waals surface area contributed by atoms with Crippen LogP contribution in [-0.2, 0) is 4.79 Å². The third-order valence-electron chi connectivity index (χ3n) is 4.50. The first-order chi connectivity index (χ1) is 10.9. The SMILES string of the molecule is CCCCN1C(=O)C2C(=Nc3n(C(C)C)c(C)c[n+]32)N(C)C1=O. The molecule has 2 aliphatic heterocycles. The van der Waals surface area contributed by atoms with Gasteiger partial charge in [0.25, 0.3) is 5.91 Å². The fourth-order valence-corrected chi connectivity index (χ4v) is 3.36. The molecule has 124 valence electrons. The number of carbonyl (C=O) groups is 2. The van der Waals surface area contributed by atoms with Gasteiger partial charge in [-0.15, -0.1) is 0 Å². The Kier molecular flexibility index (Phi) is 3.74. The molecule has 1 saturated heterocycles. The van der Waals surface area contributed by atoms with Crippen LogP contribution in [0.4, 0.5) is 10.7 Å². The number of aryl methyl sites for hydroxylation is 1. The van der Waals surface area contributed by atoms with E-state index in [1.54, 1.807) is 7.05 Å². The highest BCUT2D eigenvalue weighted by molar-refractivity contribution is 6.19. The first kappa shape index (κ1) is 15.7. The lowest BCUT2D eigenvalue weighted by Gasteiger charge is -2.33. The summed E-state index contributed by atoms with van der Waals surface area (Å²) in [6.45, 7) is 8.68. The Hall–Kier alpha value is -2.18. The van der Waals surface area contributed by atoms with Crippen LogP contribution in [0, 0.1) is 6.92 Å². The highest BCUT2D eigenvalue weighted by atomic mass is 16.2. The van der Waals surface area contributed by atoms with Crippen molar-refractivity contribution in [3.63, 3.8) is 0 Å². The van der Waals surface area contributed by atoms with E-state index in [0.717, 1.165) is 24.5 Å². The van der Waals surface area contributed by atoms with Gasteiger partial charge >= 0.3 is 12.0 Å². The molecule has 0 aliphatic carbocycles. The predicted octanol–water partition coefficient (Wildman–Crippen LogP) is 1.94. The lowest BCUT2D eigenvalue weighted by Crippen LogP contribution is -2.62. The summed E-state index contributed by atoms with van der Waals surface area (Å²) in [7, 11) is 1.69. The minimum atomic E-state index is -0.525. The van der Waals surface area contributed by atoms with Crippen LogP contribution in [0.1, 0.15) is 51.4 Å². The van der Waals surface area contributed by atoms with E-state index in [1.165, 1.54) is 9.80 Å². The number of carbonyl (C=O) groups excluding carboxylic acids is 2. The molecule has 3 amide bonds. The van der Waals surface area contributed by atoms with Crippen molar-refractivity contribution in [1.29, 1.82) is 0 Å². The van der Waals surface area contributed by atoms with E-state index in [0.29, 0.717) is 12.4 Å². The molecule has 3 rings (SSSR count). The molecule has 23 heavy (non-hydrogen) atoms. The standard InChI is InChI=1S/C16H24N5O2/c1-6-7-8-19-14(22)12-13(18(5)16(19)23)17-15-20(12)9-11(4)21(15)10(2)3/h9-10,12H,6-8H2,1-5H3/q+1. The number of rotatable bonds is 4. The van der Waals surface area contributed by atoms with Gasteiger partial charge in [0.05, 0.1) is 6.04 Å². The van der Waals surface area contributed by atoms with Gasteiger partial charge in [-0.1, -0.05) is 18.3 Å². The molecule has 0 aromatic carbocycles. The van der Waals surface area contributed by atoms with E-state index in [-0.39, 0.29) is 18.0 Å². The van der Waals surface area contributed by atoms with E-state index in [1.807, 2.05) is 24.6 Å². The summed E-state index contributed by atoms with van der Waals surface area (Å²) < 4.78 is 3.99. The fourth-order valence-electron chi connectivity index (χ4n) is 3.36. The number of aliphatic imine (C=N–C) groups is 1. The van der Waals surface area contributed by atoms with Crippen LogP contribution in [-0.4, -0.2) is 45.7 Å². The Bertz CT molecular complexity index is 704. The van der Waals surface area contributed by atoms with Gasteiger partial charge in [0.15, 0.2) is 0 Å². The third-order valence-corrected chi connectivity index (χ3v) is 4.50. The molecule has 7 heteroatoms. The first-order valence-electron chi connectivity index (χ1n) is 8.19. The average molecular weight is 318 g/mol. The van der Waals surface area contributed by atoms with E-state index < -0.39 is 6.04 Å². The number of imidazole rings is 1. The van der Waals surface area contributed by atoms with Gasteiger partial charge in [0.1, 0.15) is 11.9 Å². The molecule has 0 bridgehead atoms. The molecule has 0 saturated carbocycles. The van der Waals surface area contributed by atoms with Crippen LogP contribution in [0.2, 0.25) is 0 Å². The molecule has 3 heterocycles. The molecule has 2 aliphatic rings. The lowest BCUT2D eigenvalue weighted by atomic mass is 10.1. The number of amidine groups is 1. The molecular weight excluding hydrogens is 294 g/mol. The Balaban J connectivity index is 2.06. The number of imide groups is 1. The first-order valence-corrected chi connectivity index (χ1v) is 8.19. The summed E-state index contributed by atoms with van der Waals surface area (Å²) >= 11 is 0. The number of unbranched alkanes of at least 4 members (excludes halogenated alkanes) is 1. The van der Waals surface area contributed by atoms with Crippen molar-refractivity contribution in [3.8, 4) is 0 Å². The quantitative estimate of drug-likeness (QED) is 0.797. The molecule has 0 radical (unpaired) electrons. The molecule has 1 aromatic rings. The normalized spacial score (nSPS) is 20.3. The minimum Gasteiger partial charge on any atom is -0.270 e. The topological polar surface area (TPSA) is 61.8 Å². The number of nitrogens with zero attached hydrogens (tertiary/aromatic N) is 5. The molecule has 7 nitrogen and oxygen atoms in total. The second-order valence-corrected chi connectivity index (χ2v) is 6.50. The van der Waals surface area contributed by atoms with E-state index in [4.69, 9.17) is 0 Å². The molecule has 1 fully saturated rings. The second-order valence-electron chi connectivity index (χ2n) is 6.50. The van der Waals surface area contributed by atoms with Crippen molar-refractivity contribution in [1.82, 2.24) is 14.4 Å². The lowest BCUT2D eigenvalue weighted by molar-refractivity contribution is -0.677. The van der Waals surface area contributed by atoms with Crippen molar-refractivity contribution in [2.24, 2.45) is 4.99 Å². The number of aromatic nitrogens is 2. The molecule has 1 atom stereocenters. The Morgan fingerprint density at radius 3 is 2.65 bits per heavy atom. The van der Waals surface area contributed by atoms with Gasteiger partial charge in [-0.05, 0) is 27.2 Å². The van der Waals surface area contributed by atoms with Gasteiger partial charge in [-0.25, -0.2) is 13.9 Å². The number of likely N-dealkylation sites (N-methyl/N-ethyl adjacent to an activating group) is 1. The minimum absolute atomic E-state index is 0.176. The van der Waals surface area contributed by atoms with Crippen LogP contribution in [0.5, 0.6) is 0 Å². The molecule has 1 aromatic heterocycles. The third kappa shape index (κ3) is 2.17. The van der Waals surface area contributed by atoms with Crippen LogP contribution in [0.3, 0.4) is 0 Å². The fraction of sp³-hybridized carbons (Fsp3) is 0.625. The maximum atomic E-state index is 12.9. The van der Waals surface area contributed by atoms with E-state index >= 15 is 0 Å². The Labute approximate surface area is 136 Å². The Morgan fingerprint density at radius 1 is 1.35 bits per heavy atom. The highest BCUT2D eigenvalue weighted by Crippen LogP contribution is 2.30. The monoisotopic (exact) mass is 318 g/mol. The van der Waals surface area contributed by atoms with Crippen LogP contribution >= 0.6 is 0 Å². The van der Waals surface area contributed by atoms with Gasteiger partial charge in [0, 0.05) is 13.6 Å². The maximum Gasteiger partial charge on any atom is 0.402 e. The van der Waals surface area contributed by atoms with Gasteiger partial charge < -0.3 is 0 Å². The predicted molar refractivity (Wildman–Crippen MR) is 85.7 cm³/mol. The van der Waals surface area contributed by atoms with Crippen molar-refractivity contribution >= 4 is 23.7 Å². The zero-order valence-corrected chi connectivity index (χ0v) is 14.4. The Morgan fingerprint density at radius 2 is 2.04 bits per heavy atom. The van der Waals surface area contributed by atoms with Crippen LogP contribution in [0.25, 0.3) is 0 Å². The zero-order chi connectivity index (χ0) is 16.9. The number of hydrogen-bond acceptors (Lipinski definition) is 3. The van der Waals surface area contributed by atoms with Crippen LogP contribution in [0.15, 0.2) is 11.2 Å². The zero-order valence-electron chi connectivity index (χ0n) is 14.4. The maximum absolute atomic E-state index is 12.9. The smallest absolute Gasteiger partial charge is 0.270 e. The summed E-state index contributed by atoms with van der Waals surface area (Å²) in [6.07, 6.45) is 3.71. The van der Waals surface area contributed by atoms with Crippen molar-refractivity contribution in [3.05, 3.63) is 11.9 Å². The number of hydrogen-bond donors (Lipinski definition) is 0. The van der Waals surface area contributed by atoms with E-state index in [9.17, 15) is 9.59 Å². The van der Waals surface area contributed by atoms with Gasteiger partial charge in [0.2, 0.25) is 11.9 Å². The number of urea groups is 1.